The summed E-state index contributed by atoms with van der Waals surface area (Å²) < 4.78 is 5.40. The summed E-state index contributed by atoms with van der Waals surface area (Å²) in [7, 11) is 0. The van der Waals surface area contributed by atoms with Gasteiger partial charge in [-0.3, -0.25) is 9.59 Å². The van der Waals surface area contributed by atoms with E-state index in [0.717, 1.165) is 25.7 Å². The summed E-state index contributed by atoms with van der Waals surface area (Å²) in [4.78, 5) is 24.6. The molecular weight excluding hydrogens is 292 g/mol. The van der Waals surface area contributed by atoms with Crippen molar-refractivity contribution in [2.45, 2.75) is 46.0 Å². The van der Waals surface area contributed by atoms with Crippen LogP contribution in [0.5, 0.6) is 0 Å². The number of furan rings is 1. The second-order valence-corrected chi connectivity index (χ2v) is 5.99. The van der Waals surface area contributed by atoms with Crippen LogP contribution in [0.25, 0.3) is 11.0 Å². The number of ketones is 1. The van der Waals surface area contributed by atoms with Crippen LogP contribution in [0.3, 0.4) is 0 Å². The van der Waals surface area contributed by atoms with E-state index in [9.17, 15) is 14.7 Å². The minimum Gasteiger partial charge on any atom is -0.481 e. The van der Waals surface area contributed by atoms with Crippen LogP contribution in [0.2, 0.25) is 0 Å². The molecule has 0 bridgehead atoms. The number of carboxylic acid groups (broad SMARTS) is 1. The van der Waals surface area contributed by atoms with Crippen LogP contribution < -0.4 is 0 Å². The highest BCUT2D eigenvalue weighted by Gasteiger charge is 2.35. The highest BCUT2D eigenvalue weighted by molar-refractivity contribution is 6.14. The Morgan fingerprint density at radius 3 is 2.57 bits per heavy atom. The number of fused-ring (bicyclic) bond motifs is 1. The van der Waals surface area contributed by atoms with Crippen LogP contribution in [0.4, 0.5) is 0 Å². The lowest BCUT2D eigenvalue weighted by atomic mass is 9.81. The van der Waals surface area contributed by atoms with Gasteiger partial charge in [0.15, 0.2) is 5.78 Å². The average Bonchev–Trinajstić information content (AvgIpc) is 2.97. The van der Waals surface area contributed by atoms with Crippen molar-refractivity contribution < 1.29 is 19.1 Å². The second kappa shape index (κ2) is 7.95. The van der Waals surface area contributed by atoms with E-state index < -0.39 is 11.9 Å². The molecule has 0 aliphatic carbocycles. The molecule has 0 aliphatic rings. The van der Waals surface area contributed by atoms with E-state index >= 15 is 0 Å². The van der Waals surface area contributed by atoms with Crippen LogP contribution in [-0.4, -0.2) is 16.9 Å². The van der Waals surface area contributed by atoms with Gasteiger partial charge >= 0.3 is 5.97 Å². The fraction of sp³-hybridized carbons (Fsp3) is 0.474. The number of aliphatic carboxylic acids is 1. The standard InChI is InChI=1S/C19H24O4/c1-3-5-6-9-13(4-2)17(19(21)22)18(20)15-12-23-16-11-8-7-10-14(15)16/h7-8,10-13,17H,3-6,9H2,1-2H3,(H,21,22). The van der Waals surface area contributed by atoms with Gasteiger partial charge in [-0.2, -0.15) is 0 Å². The molecule has 0 saturated carbocycles. The van der Waals surface area contributed by atoms with Gasteiger partial charge < -0.3 is 9.52 Å². The lowest BCUT2D eigenvalue weighted by Gasteiger charge is -2.21. The molecule has 0 fully saturated rings. The first kappa shape index (κ1) is 17.3. The predicted octanol–water partition coefficient (Wildman–Crippen LogP) is 4.92. The molecule has 0 radical (unpaired) electrons. The maximum Gasteiger partial charge on any atom is 0.314 e. The molecule has 0 aliphatic heterocycles. The molecule has 2 rings (SSSR count). The Hall–Kier alpha value is -2.10. The lowest BCUT2D eigenvalue weighted by Crippen LogP contribution is -2.31. The third kappa shape index (κ3) is 3.81. The average molecular weight is 316 g/mol. The third-order valence-electron chi connectivity index (χ3n) is 4.47. The van der Waals surface area contributed by atoms with Crippen molar-refractivity contribution in [3.63, 3.8) is 0 Å². The van der Waals surface area contributed by atoms with E-state index in [4.69, 9.17) is 4.42 Å². The number of Topliss-reactive ketones (excluding diaryl/α,β-unsaturated/α-hetero) is 1. The maximum absolute atomic E-state index is 12.9. The number of carboxylic acids is 1. The van der Waals surface area contributed by atoms with E-state index in [1.807, 2.05) is 19.1 Å². The fourth-order valence-electron chi connectivity index (χ4n) is 3.13. The smallest absolute Gasteiger partial charge is 0.314 e. The van der Waals surface area contributed by atoms with Gasteiger partial charge in [0.1, 0.15) is 17.8 Å². The number of benzene rings is 1. The van der Waals surface area contributed by atoms with Crippen molar-refractivity contribution in [3.05, 3.63) is 36.1 Å². The Balaban J connectivity index is 2.29. The molecule has 0 saturated heterocycles. The second-order valence-electron chi connectivity index (χ2n) is 5.99. The molecule has 124 valence electrons. The number of hydrogen-bond acceptors (Lipinski definition) is 3. The SMILES string of the molecule is CCCCCC(CC)C(C(=O)O)C(=O)c1coc2ccccc12. The minimum atomic E-state index is -1.04. The highest BCUT2D eigenvalue weighted by atomic mass is 16.4. The molecule has 1 heterocycles. The zero-order valence-corrected chi connectivity index (χ0v) is 13.7. The molecule has 4 heteroatoms. The topological polar surface area (TPSA) is 67.5 Å². The predicted molar refractivity (Wildman–Crippen MR) is 89.6 cm³/mol. The van der Waals surface area contributed by atoms with Crippen LogP contribution in [0.1, 0.15) is 56.3 Å². The molecule has 2 aromatic rings. The molecule has 2 unspecified atom stereocenters. The Morgan fingerprint density at radius 2 is 1.91 bits per heavy atom. The first-order valence-electron chi connectivity index (χ1n) is 8.33. The molecule has 0 spiro atoms. The van der Waals surface area contributed by atoms with Crippen molar-refractivity contribution in [3.8, 4) is 0 Å². The molecule has 2 atom stereocenters. The van der Waals surface area contributed by atoms with E-state index in [2.05, 4.69) is 6.92 Å². The van der Waals surface area contributed by atoms with Gasteiger partial charge in [0.05, 0.1) is 5.56 Å². The largest absolute Gasteiger partial charge is 0.481 e. The quantitative estimate of drug-likeness (QED) is 0.405. The first-order valence-corrected chi connectivity index (χ1v) is 8.33. The molecular formula is C19H24O4. The summed E-state index contributed by atoms with van der Waals surface area (Å²) in [5.74, 6) is -2.52. The zero-order chi connectivity index (χ0) is 16.8. The molecule has 23 heavy (non-hydrogen) atoms. The van der Waals surface area contributed by atoms with Crippen LogP contribution in [-0.2, 0) is 4.79 Å². The van der Waals surface area contributed by atoms with Gasteiger partial charge in [-0.1, -0.05) is 57.7 Å². The molecule has 1 N–H and O–H groups in total. The maximum atomic E-state index is 12.9. The highest BCUT2D eigenvalue weighted by Crippen LogP contribution is 2.30. The Kier molecular flexibility index (Phi) is 5.97. The molecule has 1 aromatic carbocycles. The van der Waals surface area contributed by atoms with Gasteiger partial charge in [-0.15, -0.1) is 0 Å². The van der Waals surface area contributed by atoms with Gasteiger partial charge in [0.25, 0.3) is 0 Å². The first-order chi connectivity index (χ1) is 11.1. The summed E-state index contributed by atoms with van der Waals surface area (Å²) in [6.45, 7) is 4.06. The third-order valence-corrected chi connectivity index (χ3v) is 4.47. The summed E-state index contributed by atoms with van der Waals surface area (Å²) >= 11 is 0. The van der Waals surface area contributed by atoms with Gasteiger partial charge in [-0.25, -0.2) is 0 Å². The molecule has 4 nitrogen and oxygen atoms in total. The Labute approximate surface area is 136 Å². The van der Waals surface area contributed by atoms with E-state index in [-0.39, 0.29) is 11.7 Å². The van der Waals surface area contributed by atoms with Crippen molar-refractivity contribution in [1.82, 2.24) is 0 Å². The summed E-state index contributed by atoms with van der Waals surface area (Å²) in [6, 6.07) is 7.22. The fourth-order valence-corrected chi connectivity index (χ4v) is 3.13. The molecule has 1 aromatic heterocycles. The van der Waals surface area contributed by atoms with Gasteiger partial charge in [-0.05, 0) is 18.4 Å². The van der Waals surface area contributed by atoms with Crippen LogP contribution in [0, 0.1) is 11.8 Å². The minimum absolute atomic E-state index is 0.139. The summed E-state index contributed by atoms with van der Waals surface area (Å²) in [5, 5.41) is 10.3. The number of unbranched alkanes of at least 4 members (excludes halogenated alkanes) is 2. The van der Waals surface area contributed by atoms with E-state index in [1.165, 1.54) is 6.26 Å². The monoisotopic (exact) mass is 316 g/mol. The van der Waals surface area contributed by atoms with Gasteiger partial charge in [0, 0.05) is 5.39 Å². The normalized spacial score (nSPS) is 13.8. The lowest BCUT2D eigenvalue weighted by molar-refractivity contribution is -0.141. The van der Waals surface area contributed by atoms with Crippen molar-refractivity contribution in [2.75, 3.05) is 0 Å². The van der Waals surface area contributed by atoms with Crippen molar-refractivity contribution in [2.24, 2.45) is 11.8 Å². The number of hydrogen-bond donors (Lipinski definition) is 1. The molecule has 0 amide bonds. The number of para-hydroxylation sites is 1. The number of rotatable bonds is 9. The number of carbonyl (C=O) groups excluding carboxylic acids is 1. The van der Waals surface area contributed by atoms with Crippen molar-refractivity contribution >= 4 is 22.7 Å². The summed E-state index contributed by atoms with van der Waals surface area (Å²) in [5.41, 5.74) is 0.987. The van der Waals surface area contributed by atoms with Gasteiger partial charge in [0.2, 0.25) is 0 Å². The number of carbonyl (C=O) groups is 2. The Morgan fingerprint density at radius 1 is 1.17 bits per heavy atom. The van der Waals surface area contributed by atoms with Crippen molar-refractivity contribution in [1.29, 1.82) is 0 Å². The Bertz CT molecular complexity index is 671. The van der Waals surface area contributed by atoms with E-state index in [1.54, 1.807) is 12.1 Å². The van der Waals surface area contributed by atoms with Crippen LogP contribution in [0.15, 0.2) is 34.9 Å². The van der Waals surface area contributed by atoms with Crippen LogP contribution >= 0.6 is 0 Å². The summed E-state index contributed by atoms with van der Waals surface area (Å²) in [6.07, 6.45) is 5.94. The zero-order valence-electron chi connectivity index (χ0n) is 13.7. The van der Waals surface area contributed by atoms with E-state index in [0.29, 0.717) is 23.0 Å².